The molecule has 0 radical (unpaired) electrons. The maximum absolute atomic E-state index is 5.78. The molecular weight excluding hydrogens is 136 g/mol. The fourth-order valence-corrected chi connectivity index (χ4v) is 1.56. The van der Waals surface area contributed by atoms with Crippen LogP contribution < -0.4 is 5.73 Å². The lowest BCUT2D eigenvalue weighted by molar-refractivity contribution is 0.0148. The van der Waals surface area contributed by atoms with E-state index in [4.69, 9.17) is 5.73 Å². The minimum atomic E-state index is 0.248. The van der Waals surface area contributed by atoms with Gasteiger partial charge < -0.3 is 5.73 Å². The smallest absolute Gasteiger partial charge is 0.0326 e. The third kappa shape index (κ3) is 1.42. The van der Waals surface area contributed by atoms with Crippen LogP contribution in [0.2, 0.25) is 0 Å². The van der Waals surface area contributed by atoms with Gasteiger partial charge in [0.25, 0.3) is 0 Å². The van der Waals surface area contributed by atoms with Crippen LogP contribution in [-0.2, 0) is 0 Å². The van der Waals surface area contributed by atoms with Gasteiger partial charge in [-0.15, -0.1) is 0 Å². The first-order valence-corrected chi connectivity index (χ1v) is 4.56. The fourth-order valence-electron chi connectivity index (χ4n) is 1.56. The normalized spacial score (nSPS) is 24.8. The van der Waals surface area contributed by atoms with E-state index in [2.05, 4.69) is 25.7 Å². The van der Waals surface area contributed by atoms with E-state index in [9.17, 15) is 0 Å². The summed E-state index contributed by atoms with van der Waals surface area (Å²) >= 11 is 0. The molecule has 2 nitrogen and oxygen atoms in total. The highest BCUT2D eigenvalue weighted by Crippen LogP contribution is 2.27. The average Bonchev–Trinajstić information content (AvgIpc) is 1.83. The van der Waals surface area contributed by atoms with Crippen molar-refractivity contribution in [1.29, 1.82) is 0 Å². The van der Waals surface area contributed by atoms with E-state index in [1.807, 2.05) is 0 Å². The molecule has 2 heteroatoms. The summed E-state index contributed by atoms with van der Waals surface area (Å²) in [5.41, 5.74) is 6.02. The summed E-state index contributed by atoms with van der Waals surface area (Å²) in [5.74, 6) is 0.660. The van der Waals surface area contributed by atoms with Gasteiger partial charge in [-0.1, -0.05) is 13.8 Å². The van der Waals surface area contributed by atoms with Gasteiger partial charge in [0.15, 0.2) is 0 Å². The lowest BCUT2D eigenvalue weighted by Crippen LogP contribution is -2.60. The number of hydrogen-bond donors (Lipinski definition) is 1. The van der Waals surface area contributed by atoms with Gasteiger partial charge in [-0.05, 0) is 32.4 Å². The summed E-state index contributed by atoms with van der Waals surface area (Å²) in [5, 5.41) is 0. The van der Waals surface area contributed by atoms with Crippen LogP contribution in [0.1, 0.15) is 27.2 Å². The molecule has 0 spiro atoms. The van der Waals surface area contributed by atoms with Crippen LogP contribution >= 0.6 is 0 Å². The average molecular weight is 156 g/mol. The van der Waals surface area contributed by atoms with Gasteiger partial charge in [0.2, 0.25) is 0 Å². The Morgan fingerprint density at radius 1 is 1.45 bits per heavy atom. The fraction of sp³-hybridized carbons (Fsp3) is 1.00. The summed E-state index contributed by atoms with van der Waals surface area (Å²) in [6.07, 6.45) is 1.35. The molecule has 0 aromatic carbocycles. The molecule has 1 atom stereocenters. The third-order valence-electron chi connectivity index (χ3n) is 3.24. The van der Waals surface area contributed by atoms with Crippen LogP contribution in [0.3, 0.4) is 0 Å². The van der Waals surface area contributed by atoms with Gasteiger partial charge in [0, 0.05) is 12.1 Å². The van der Waals surface area contributed by atoms with Crippen molar-refractivity contribution in [3.8, 4) is 0 Å². The Morgan fingerprint density at radius 2 is 2.00 bits per heavy atom. The molecule has 1 heterocycles. The van der Waals surface area contributed by atoms with Gasteiger partial charge in [0.05, 0.1) is 0 Å². The van der Waals surface area contributed by atoms with Gasteiger partial charge in [-0.3, -0.25) is 4.90 Å². The quantitative estimate of drug-likeness (QED) is 0.662. The third-order valence-corrected chi connectivity index (χ3v) is 3.24. The lowest BCUT2D eigenvalue weighted by Gasteiger charge is -2.48. The van der Waals surface area contributed by atoms with Crippen molar-refractivity contribution in [1.82, 2.24) is 4.90 Å². The van der Waals surface area contributed by atoms with Gasteiger partial charge in [0.1, 0.15) is 0 Å². The van der Waals surface area contributed by atoms with Crippen LogP contribution in [0.5, 0.6) is 0 Å². The maximum Gasteiger partial charge on any atom is 0.0326 e. The van der Waals surface area contributed by atoms with Crippen molar-refractivity contribution < 1.29 is 0 Å². The molecule has 11 heavy (non-hydrogen) atoms. The topological polar surface area (TPSA) is 29.3 Å². The molecule has 1 aliphatic rings. The Morgan fingerprint density at radius 3 is 2.09 bits per heavy atom. The number of nitrogens with two attached hydrogens (primary N) is 1. The van der Waals surface area contributed by atoms with Crippen molar-refractivity contribution in [2.45, 2.75) is 32.7 Å². The SMILES string of the molecule is CC(C)C(C)(CN)N1CCC1. The molecular formula is C9H20N2. The molecule has 0 saturated carbocycles. The van der Waals surface area contributed by atoms with E-state index >= 15 is 0 Å². The minimum absolute atomic E-state index is 0.248. The van der Waals surface area contributed by atoms with Crippen molar-refractivity contribution in [3.05, 3.63) is 0 Å². The van der Waals surface area contributed by atoms with E-state index in [1.54, 1.807) is 0 Å². The van der Waals surface area contributed by atoms with Crippen molar-refractivity contribution in [3.63, 3.8) is 0 Å². The zero-order chi connectivity index (χ0) is 8.48. The summed E-state index contributed by atoms with van der Waals surface area (Å²) < 4.78 is 0. The molecule has 0 bridgehead atoms. The predicted molar refractivity (Wildman–Crippen MR) is 48.5 cm³/mol. The molecule has 0 aromatic rings. The first-order valence-electron chi connectivity index (χ1n) is 4.56. The summed E-state index contributed by atoms with van der Waals surface area (Å²) in [7, 11) is 0. The van der Waals surface area contributed by atoms with Crippen LogP contribution in [0.25, 0.3) is 0 Å². The Hall–Kier alpha value is -0.0800. The molecule has 1 unspecified atom stereocenters. The maximum atomic E-state index is 5.78. The second-order valence-corrected chi connectivity index (χ2v) is 4.06. The number of rotatable bonds is 3. The van der Waals surface area contributed by atoms with Crippen LogP contribution in [0.15, 0.2) is 0 Å². The van der Waals surface area contributed by atoms with E-state index in [0.29, 0.717) is 5.92 Å². The van der Waals surface area contributed by atoms with Crippen molar-refractivity contribution >= 4 is 0 Å². The Balaban J connectivity index is 2.57. The number of likely N-dealkylation sites (tertiary alicyclic amines) is 1. The molecule has 1 saturated heterocycles. The summed E-state index contributed by atoms with van der Waals surface area (Å²) in [6.45, 7) is 10.1. The number of hydrogen-bond acceptors (Lipinski definition) is 2. The van der Waals surface area contributed by atoms with Gasteiger partial charge in [-0.25, -0.2) is 0 Å². The van der Waals surface area contributed by atoms with Crippen LogP contribution in [-0.4, -0.2) is 30.1 Å². The molecule has 0 aromatic heterocycles. The predicted octanol–water partition coefficient (Wildman–Crippen LogP) is 1.07. The zero-order valence-corrected chi connectivity index (χ0v) is 7.93. The second kappa shape index (κ2) is 3.11. The first-order chi connectivity index (χ1) is 5.11. The van der Waals surface area contributed by atoms with Crippen molar-refractivity contribution in [2.75, 3.05) is 19.6 Å². The zero-order valence-electron chi connectivity index (χ0n) is 7.93. The van der Waals surface area contributed by atoms with Gasteiger partial charge in [-0.2, -0.15) is 0 Å². The lowest BCUT2D eigenvalue weighted by atomic mass is 9.84. The van der Waals surface area contributed by atoms with E-state index < -0.39 is 0 Å². The molecule has 0 amide bonds. The second-order valence-electron chi connectivity index (χ2n) is 4.06. The van der Waals surface area contributed by atoms with Crippen LogP contribution in [0.4, 0.5) is 0 Å². The highest BCUT2D eigenvalue weighted by atomic mass is 15.2. The molecule has 1 rings (SSSR count). The highest BCUT2D eigenvalue weighted by Gasteiger charge is 2.36. The highest BCUT2D eigenvalue weighted by molar-refractivity contribution is 4.93. The monoisotopic (exact) mass is 156 g/mol. The Bertz CT molecular complexity index is 130. The van der Waals surface area contributed by atoms with Gasteiger partial charge >= 0.3 is 0 Å². The molecule has 1 fully saturated rings. The summed E-state index contributed by atoms with van der Waals surface area (Å²) in [6, 6.07) is 0. The first kappa shape index (κ1) is 9.01. The standard InChI is InChI=1S/C9H20N2/c1-8(2)9(3,7-10)11-5-4-6-11/h8H,4-7,10H2,1-3H3. The van der Waals surface area contributed by atoms with E-state index in [1.165, 1.54) is 19.5 Å². The molecule has 2 N–H and O–H groups in total. The van der Waals surface area contributed by atoms with E-state index in [-0.39, 0.29) is 5.54 Å². The largest absolute Gasteiger partial charge is 0.329 e. The Labute approximate surface area is 69.8 Å². The molecule has 66 valence electrons. The Kier molecular flexibility index (Phi) is 2.55. The van der Waals surface area contributed by atoms with Crippen LogP contribution in [0, 0.1) is 5.92 Å². The van der Waals surface area contributed by atoms with E-state index in [0.717, 1.165) is 6.54 Å². The van der Waals surface area contributed by atoms with Crippen molar-refractivity contribution in [2.24, 2.45) is 11.7 Å². The molecule has 1 aliphatic heterocycles. The number of nitrogens with zero attached hydrogens (tertiary/aromatic N) is 1. The summed E-state index contributed by atoms with van der Waals surface area (Å²) in [4.78, 5) is 2.50. The minimum Gasteiger partial charge on any atom is -0.329 e. The molecule has 0 aliphatic carbocycles.